The summed E-state index contributed by atoms with van der Waals surface area (Å²) in [6.45, 7) is -0.514. The Balaban J connectivity index is 2.85. The minimum Gasteiger partial charge on any atom is -0.480 e. The van der Waals surface area contributed by atoms with Crippen LogP contribution in [0.15, 0.2) is 24.3 Å². The van der Waals surface area contributed by atoms with Gasteiger partial charge in [0.15, 0.2) is 0 Å². The van der Waals surface area contributed by atoms with Crippen molar-refractivity contribution in [2.24, 2.45) is 0 Å². The zero-order valence-corrected chi connectivity index (χ0v) is 9.36. The number of carbonyl (C=O) groups is 2. The van der Waals surface area contributed by atoms with Crippen LogP contribution in [0.3, 0.4) is 0 Å². The Morgan fingerprint density at radius 1 is 1.22 bits per heavy atom. The molecule has 0 spiro atoms. The van der Waals surface area contributed by atoms with Gasteiger partial charge in [0.1, 0.15) is 6.54 Å². The van der Waals surface area contributed by atoms with Crippen molar-refractivity contribution < 1.29 is 27.9 Å². The molecule has 7 heteroatoms. The predicted octanol–water partition coefficient (Wildman–Crippen LogP) is 1.86. The number of carboxylic acids is 1. The zero-order chi connectivity index (χ0) is 13.9. The molecular weight excluding hydrogens is 251 g/mol. The number of hydrogen-bond donors (Lipinski definition) is 1. The van der Waals surface area contributed by atoms with E-state index in [9.17, 15) is 22.8 Å². The largest absolute Gasteiger partial charge is 0.480 e. The SMILES string of the molecule is CN(CC(=O)O)C(=O)c1ccc(C(F)(F)F)cc1. The van der Waals surface area contributed by atoms with Crippen molar-refractivity contribution in [2.45, 2.75) is 6.18 Å². The lowest BCUT2D eigenvalue weighted by molar-refractivity contribution is -0.138. The van der Waals surface area contributed by atoms with Crippen LogP contribution in [0.2, 0.25) is 0 Å². The van der Waals surface area contributed by atoms with Crippen molar-refractivity contribution in [1.29, 1.82) is 0 Å². The Morgan fingerprint density at radius 2 is 1.72 bits per heavy atom. The summed E-state index contributed by atoms with van der Waals surface area (Å²) in [4.78, 5) is 22.9. The van der Waals surface area contributed by atoms with Crippen LogP contribution in [0.25, 0.3) is 0 Å². The van der Waals surface area contributed by atoms with Gasteiger partial charge in [0, 0.05) is 12.6 Å². The maximum atomic E-state index is 12.3. The second-order valence-corrected chi connectivity index (χ2v) is 3.63. The van der Waals surface area contributed by atoms with Gasteiger partial charge in [-0.1, -0.05) is 0 Å². The molecular formula is C11H10F3NO3. The first-order chi connectivity index (χ1) is 8.21. The van der Waals surface area contributed by atoms with Gasteiger partial charge in [0.25, 0.3) is 5.91 Å². The molecule has 0 saturated heterocycles. The van der Waals surface area contributed by atoms with Gasteiger partial charge in [-0.2, -0.15) is 13.2 Å². The summed E-state index contributed by atoms with van der Waals surface area (Å²) in [5, 5.41) is 8.49. The molecule has 0 atom stereocenters. The number of alkyl halides is 3. The Hall–Kier alpha value is -2.05. The fourth-order valence-corrected chi connectivity index (χ4v) is 1.30. The lowest BCUT2D eigenvalue weighted by atomic mass is 10.1. The second-order valence-electron chi connectivity index (χ2n) is 3.63. The number of amides is 1. The van der Waals surface area contributed by atoms with Crippen LogP contribution in [0.1, 0.15) is 15.9 Å². The van der Waals surface area contributed by atoms with E-state index in [0.717, 1.165) is 29.2 Å². The zero-order valence-electron chi connectivity index (χ0n) is 9.36. The normalized spacial score (nSPS) is 11.1. The van der Waals surface area contributed by atoms with E-state index in [-0.39, 0.29) is 5.56 Å². The standard InChI is InChI=1S/C11H10F3NO3/c1-15(6-9(16)17)10(18)7-2-4-8(5-3-7)11(12,13)14/h2-5H,6H2,1H3,(H,16,17). The maximum absolute atomic E-state index is 12.3. The maximum Gasteiger partial charge on any atom is 0.416 e. The molecule has 0 aliphatic rings. The molecule has 0 fully saturated rings. The Labute approximate surface area is 101 Å². The lowest BCUT2D eigenvalue weighted by Crippen LogP contribution is -2.31. The van der Waals surface area contributed by atoms with Crippen LogP contribution < -0.4 is 0 Å². The monoisotopic (exact) mass is 261 g/mol. The molecule has 18 heavy (non-hydrogen) atoms. The molecule has 1 aromatic carbocycles. The van der Waals surface area contributed by atoms with Crippen LogP contribution in [0, 0.1) is 0 Å². The van der Waals surface area contributed by atoms with E-state index in [0.29, 0.717) is 0 Å². The third-order valence-electron chi connectivity index (χ3n) is 2.18. The number of benzene rings is 1. The average molecular weight is 261 g/mol. The van der Waals surface area contributed by atoms with Crippen LogP contribution >= 0.6 is 0 Å². The molecule has 0 unspecified atom stereocenters. The molecule has 98 valence electrons. The summed E-state index contributed by atoms with van der Waals surface area (Å²) in [6, 6.07) is 3.59. The Kier molecular flexibility index (Phi) is 3.95. The van der Waals surface area contributed by atoms with Crippen LogP contribution in [-0.2, 0) is 11.0 Å². The second kappa shape index (κ2) is 5.07. The van der Waals surface area contributed by atoms with Crippen molar-refractivity contribution in [1.82, 2.24) is 4.90 Å². The van der Waals surface area contributed by atoms with Crippen LogP contribution in [-0.4, -0.2) is 35.5 Å². The topological polar surface area (TPSA) is 57.6 Å². The van der Waals surface area contributed by atoms with Gasteiger partial charge >= 0.3 is 12.1 Å². The minimum atomic E-state index is -4.46. The Bertz CT molecular complexity index is 454. The molecule has 0 heterocycles. The molecule has 0 bridgehead atoms. The smallest absolute Gasteiger partial charge is 0.416 e. The van der Waals surface area contributed by atoms with E-state index < -0.39 is 30.2 Å². The summed E-state index contributed by atoms with van der Waals surface area (Å²) >= 11 is 0. The molecule has 0 aliphatic heterocycles. The van der Waals surface area contributed by atoms with Gasteiger partial charge < -0.3 is 10.0 Å². The fraction of sp³-hybridized carbons (Fsp3) is 0.273. The lowest BCUT2D eigenvalue weighted by Gasteiger charge is -2.15. The third-order valence-corrected chi connectivity index (χ3v) is 2.18. The van der Waals surface area contributed by atoms with E-state index in [2.05, 4.69) is 0 Å². The first-order valence-corrected chi connectivity index (χ1v) is 4.86. The highest BCUT2D eigenvalue weighted by Crippen LogP contribution is 2.29. The number of rotatable bonds is 3. The van der Waals surface area contributed by atoms with Gasteiger partial charge in [0.2, 0.25) is 0 Å². The van der Waals surface area contributed by atoms with Gasteiger partial charge in [-0.15, -0.1) is 0 Å². The molecule has 0 radical (unpaired) electrons. The quantitative estimate of drug-likeness (QED) is 0.903. The van der Waals surface area contributed by atoms with Crippen molar-refractivity contribution >= 4 is 11.9 Å². The number of nitrogens with zero attached hydrogens (tertiary/aromatic N) is 1. The highest BCUT2D eigenvalue weighted by atomic mass is 19.4. The number of halogens is 3. The van der Waals surface area contributed by atoms with Gasteiger partial charge in [0.05, 0.1) is 5.56 Å². The Morgan fingerprint density at radius 3 is 2.11 bits per heavy atom. The summed E-state index contributed by atoms with van der Waals surface area (Å²) in [7, 11) is 1.26. The summed E-state index contributed by atoms with van der Waals surface area (Å²) in [5.74, 6) is -1.84. The number of aliphatic carboxylic acids is 1. The van der Waals surface area contributed by atoms with Gasteiger partial charge in [-0.3, -0.25) is 9.59 Å². The molecule has 1 amide bonds. The van der Waals surface area contributed by atoms with E-state index in [4.69, 9.17) is 5.11 Å². The molecule has 0 saturated carbocycles. The summed E-state index contributed by atoms with van der Waals surface area (Å²) in [5.41, 5.74) is -0.855. The fourth-order valence-electron chi connectivity index (χ4n) is 1.30. The number of hydrogen-bond acceptors (Lipinski definition) is 2. The van der Waals surface area contributed by atoms with E-state index in [1.54, 1.807) is 0 Å². The first kappa shape index (κ1) is 14.0. The van der Waals surface area contributed by atoms with Crippen molar-refractivity contribution in [3.8, 4) is 0 Å². The van der Waals surface area contributed by atoms with Crippen molar-refractivity contribution in [2.75, 3.05) is 13.6 Å². The van der Waals surface area contributed by atoms with E-state index in [1.807, 2.05) is 0 Å². The number of carbonyl (C=O) groups excluding carboxylic acids is 1. The van der Waals surface area contributed by atoms with E-state index >= 15 is 0 Å². The molecule has 4 nitrogen and oxygen atoms in total. The highest BCUT2D eigenvalue weighted by Gasteiger charge is 2.30. The number of likely N-dealkylation sites (N-methyl/N-ethyl adjacent to an activating group) is 1. The summed E-state index contributed by atoms with van der Waals surface area (Å²) in [6.07, 6.45) is -4.46. The van der Waals surface area contributed by atoms with Crippen LogP contribution in [0.5, 0.6) is 0 Å². The van der Waals surface area contributed by atoms with Gasteiger partial charge in [-0.25, -0.2) is 0 Å². The molecule has 1 rings (SSSR count). The summed E-state index contributed by atoms with van der Waals surface area (Å²) < 4.78 is 36.8. The molecule has 1 aromatic rings. The number of carboxylic acid groups (broad SMARTS) is 1. The van der Waals surface area contributed by atoms with Gasteiger partial charge in [-0.05, 0) is 24.3 Å². The molecule has 0 aromatic heterocycles. The van der Waals surface area contributed by atoms with Crippen LogP contribution in [0.4, 0.5) is 13.2 Å². The average Bonchev–Trinajstić information content (AvgIpc) is 2.26. The molecule has 1 N–H and O–H groups in total. The van der Waals surface area contributed by atoms with E-state index in [1.165, 1.54) is 7.05 Å². The van der Waals surface area contributed by atoms with Crippen molar-refractivity contribution in [3.05, 3.63) is 35.4 Å². The predicted molar refractivity (Wildman–Crippen MR) is 56.0 cm³/mol. The minimum absolute atomic E-state index is 0.00625. The molecule has 0 aliphatic carbocycles. The first-order valence-electron chi connectivity index (χ1n) is 4.86. The van der Waals surface area contributed by atoms with Crippen molar-refractivity contribution in [3.63, 3.8) is 0 Å². The third kappa shape index (κ3) is 3.47. The highest BCUT2D eigenvalue weighted by molar-refractivity contribution is 5.95.